The van der Waals surface area contributed by atoms with Crippen molar-refractivity contribution in [3.8, 4) is 18.1 Å². The smallest absolute Gasteiger partial charge is 0.305 e. The van der Waals surface area contributed by atoms with Gasteiger partial charge in [0.15, 0.2) is 0 Å². The molecule has 0 bridgehead atoms. The monoisotopic (exact) mass is 275 g/mol. The van der Waals surface area contributed by atoms with Gasteiger partial charge in [-0.1, -0.05) is 19.3 Å². The molecule has 0 saturated carbocycles. The summed E-state index contributed by atoms with van der Waals surface area (Å²) in [5.41, 5.74) is 0.909. The van der Waals surface area contributed by atoms with Crippen molar-refractivity contribution < 1.29 is 14.6 Å². The van der Waals surface area contributed by atoms with Gasteiger partial charge in [-0.15, -0.1) is 6.42 Å². The highest BCUT2D eigenvalue weighted by molar-refractivity contribution is 5.67. The van der Waals surface area contributed by atoms with Gasteiger partial charge < -0.3 is 14.7 Å². The van der Waals surface area contributed by atoms with Crippen LogP contribution in [0.1, 0.15) is 26.2 Å². The molecular formula is C16H21NO3. The van der Waals surface area contributed by atoms with E-state index in [1.165, 1.54) is 0 Å². The first-order valence-electron chi connectivity index (χ1n) is 6.80. The number of terminal acetylenes is 1. The molecule has 0 fully saturated rings. The lowest BCUT2D eigenvalue weighted by atomic mass is 10.2. The average molecular weight is 275 g/mol. The molecule has 4 nitrogen and oxygen atoms in total. The fraction of sp³-hybridized carbons (Fsp3) is 0.438. The number of aliphatic carboxylic acids is 1. The van der Waals surface area contributed by atoms with Crippen LogP contribution >= 0.6 is 0 Å². The van der Waals surface area contributed by atoms with Gasteiger partial charge in [-0.25, -0.2) is 0 Å². The van der Waals surface area contributed by atoms with Crippen LogP contribution in [0.5, 0.6) is 5.75 Å². The molecule has 0 spiro atoms. The summed E-state index contributed by atoms with van der Waals surface area (Å²) in [4.78, 5) is 12.5. The van der Waals surface area contributed by atoms with E-state index in [4.69, 9.17) is 16.3 Å². The van der Waals surface area contributed by atoms with Gasteiger partial charge in [0.05, 0.1) is 19.6 Å². The topological polar surface area (TPSA) is 49.8 Å². The molecule has 0 atom stereocenters. The standard InChI is InChI=1S/C16H21NO3/c1-3-5-13-20-15-8-6-14(7-9-15)17(11-4-2)12-10-16(18)19/h2,6-9H,3,5,10-13H2,1H3,(H,18,19). The third-order valence-corrected chi connectivity index (χ3v) is 2.85. The maximum Gasteiger partial charge on any atom is 0.305 e. The van der Waals surface area contributed by atoms with Crippen LogP contribution in [0.4, 0.5) is 5.69 Å². The molecule has 0 saturated heterocycles. The predicted octanol–water partition coefficient (Wildman–Crippen LogP) is 2.78. The Balaban J connectivity index is 2.62. The van der Waals surface area contributed by atoms with Gasteiger partial charge in [0.2, 0.25) is 0 Å². The van der Waals surface area contributed by atoms with Crippen LogP contribution in [0, 0.1) is 12.3 Å². The molecule has 0 heterocycles. The maximum atomic E-state index is 10.6. The van der Waals surface area contributed by atoms with Gasteiger partial charge in [-0.05, 0) is 30.7 Å². The molecule has 1 rings (SSSR count). The van der Waals surface area contributed by atoms with Crippen LogP contribution in [0.15, 0.2) is 24.3 Å². The molecule has 0 aliphatic rings. The van der Waals surface area contributed by atoms with Gasteiger partial charge in [0.1, 0.15) is 5.75 Å². The average Bonchev–Trinajstić information content (AvgIpc) is 2.44. The molecule has 0 radical (unpaired) electrons. The normalized spacial score (nSPS) is 9.80. The highest BCUT2D eigenvalue weighted by Gasteiger charge is 2.07. The lowest BCUT2D eigenvalue weighted by molar-refractivity contribution is -0.136. The van der Waals surface area contributed by atoms with Gasteiger partial charge in [-0.3, -0.25) is 4.79 Å². The number of unbranched alkanes of at least 4 members (excludes halogenated alkanes) is 1. The van der Waals surface area contributed by atoms with Crippen molar-refractivity contribution in [2.75, 3.05) is 24.6 Å². The molecule has 1 aromatic carbocycles. The highest BCUT2D eigenvalue weighted by Crippen LogP contribution is 2.19. The number of nitrogens with zero attached hydrogens (tertiary/aromatic N) is 1. The Labute approximate surface area is 120 Å². The van der Waals surface area contributed by atoms with E-state index < -0.39 is 5.97 Å². The summed E-state index contributed by atoms with van der Waals surface area (Å²) in [5, 5.41) is 8.74. The maximum absolute atomic E-state index is 10.6. The number of hydrogen-bond acceptors (Lipinski definition) is 3. The van der Waals surface area contributed by atoms with Gasteiger partial charge >= 0.3 is 5.97 Å². The Kier molecular flexibility index (Phi) is 7.05. The van der Waals surface area contributed by atoms with Gasteiger partial charge in [0.25, 0.3) is 0 Å². The van der Waals surface area contributed by atoms with Crippen molar-refractivity contribution in [2.24, 2.45) is 0 Å². The Morgan fingerprint density at radius 3 is 2.65 bits per heavy atom. The first-order chi connectivity index (χ1) is 9.67. The minimum atomic E-state index is -0.827. The zero-order chi connectivity index (χ0) is 14.8. The number of anilines is 1. The summed E-state index contributed by atoms with van der Waals surface area (Å²) in [6.07, 6.45) is 7.52. The number of carboxylic acids is 1. The van der Waals surface area contributed by atoms with E-state index in [0.717, 1.165) is 24.3 Å². The van der Waals surface area contributed by atoms with Crippen molar-refractivity contribution in [3.63, 3.8) is 0 Å². The zero-order valence-corrected chi connectivity index (χ0v) is 11.8. The Bertz CT molecular complexity index is 448. The number of carboxylic acid groups (broad SMARTS) is 1. The van der Waals surface area contributed by atoms with Crippen molar-refractivity contribution in [1.29, 1.82) is 0 Å². The van der Waals surface area contributed by atoms with E-state index in [9.17, 15) is 4.79 Å². The fourth-order valence-corrected chi connectivity index (χ4v) is 1.73. The van der Waals surface area contributed by atoms with Crippen molar-refractivity contribution in [2.45, 2.75) is 26.2 Å². The lowest BCUT2D eigenvalue weighted by Gasteiger charge is -2.21. The van der Waals surface area contributed by atoms with Crippen LogP contribution in [0.2, 0.25) is 0 Å². The highest BCUT2D eigenvalue weighted by atomic mass is 16.5. The summed E-state index contributed by atoms with van der Waals surface area (Å²) >= 11 is 0. The third kappa shape index (κ3) is 5.66. The number of rotatable bonds is 9. The summed E-state index contributed by atoms with van der Waals surface area (Å²) < 4.78 is 5.59. The van der Waals surface area contributed by atoms with E-state index in [2.05, 4.69) is 12.8 Å². The molecule has 4 heteroatoms. The second-order valence-electron chi connectivity index (χ2n) is 4.47. The number of carbonyl (C=O) groups is 1. The fourth-order valence-electron chi connectivity index (χ4n) is 1.73. The van der Waals surface area contributed by atoms with E-state index in [1.807, 2.05) is 29.2 Å². The van der Waals surface area contributed by atoms with Crippen molar-refractivity contribution in [1.82, 2.24) is 0 Å². The molecular weight excluding hydrogens is 254 g/mol. The first kappa shape index (κ1) is 15.9. The van der Waals surface area contributed by atoms with E-state index in [0.29, 0.717) is 19.7 Å². The molecule has 108 valence electrons. The summed E-state index contributed by atoms with van der Waals surface area (Å²) in [6, 6.07) is 7.57. The molecule has 20 heavy (non-hydrogen) atoms. The van der Waals surface area contributed by atoms with Crippen LogP contribution < -0.4 is 9.64 Å². The second-order valence-corrected chi connectivity index (χ2v) is 4.47. The molecule has 1 aromatic rings. The van der Waals surface area contributed by atoms with Gasteiger partial charge in [0, 0.05) is 12.2 Å². The van der Waals surface area contributed by atoms with Crippen LogP contribution in [0.3, 0.4) is 0 Å². The quantitative estimate of drug-likeness (QED) is 0.556. The summed E-state index contributed by atoms with van der Waals surface area (Å²) in [7, 11) is 0. The van der Waals surface area contributed by atoms with Crippen LogP contribution in [-0.4, -0.2) is 30.8 Å². The lowest BCUT2D eigenvalue weighted by Crippen LogP contribution is -2.26. The molecule has 0 aromatic heterocycles. The number of hydrogen-bond donors (Lipinski definition) is 1. The van der Waals surface area contributed by atoms with Crippen LogP contribution in [-0.2, 0) is 4.79 Å². The minimum Gasteiger partial charge on any atom is -0.494 e. The van der Waals surface area contributed by atoms with Crippen LogP contribution in [0.25, 0.3) is 0 Å². The largest absolute Gasteiger partial charge is 0.494 e. The Hall–Kier alpha value is -2.15. The van der Waals surface area contributed by atoms with Crippen molar-refractivity contribution >= 4 is 11.7 Å². The minimum absolute atomic E-state index is 0.0659. The van der Waals surface area contributed by atoms with E-state index in [-0.39, 0.29) is 6.42 Å². The Morgan fingerprint density at radius 2 is 2.10 bits per heavy atom. The van der Waals surface area contributed by atoms with E-state index in [1.54, 1.807) is 0 Å². The molecule has 1 N–H and O–H groups in total. The Morgan fingerprint density at radius 1 is 1.40 bits per heavy atom. The SMILES string of the molecule is C#CCN(CCC(=O)O)c1ccc(OCCCC)cc1. The van der Waals surface area contributed by atoms with Gasteiger partial charge in [-0.2, -0.15) is 0 Å². The first-order valence-corrected chi connectivity index (χ1v) is 6.80. The zero-order valence-electron chi connectivity index (χ0n) is 11.8. The number of ether oxygens (including phenoxy) is 1. The second kappa shape index (κ2) is 8.87. The number of benzene rings is 1. The van der Waals surface area contributed by atoms with E-state index >= 15 is 0 Å². The predicted molar refractivity (Wildman–Crippen MR) is 80.1 cm³/mol. The molecule has 0 unspecified atom stereocenters. The molecule has 0 amide bonds. The summed E-state index contributed by atoms with van der Waals surface area (Å²) in [6.45, 7) is 3.62. The molecule has 0 aliphatic carbocycles. The van der Waals surface area contributed by atoms with Crippen molar-refractivity contribution in [3.05, 3.63) is 24.3 Å². The third-order valence-electron chi connectivity index (χ3n) is 2.85. The molecule has 0 aliphatic heterocycles. The summed E-state index contributed by atoms with van der Waals surface area (Å²) in [5.74, 6) is 2.54.